The second-order valence-corrected chi connectivity index (χ2v) is 6.83. The number of aldehydes is 1. The number of ether oxygens (including phenoxy) is 1. The Bertz CT molecular complexity index is 495. The Labute approximate surface area is 133 Å². The van der Waals surface area contributed by atoms with Gasteiger partial charge in [0.15, 0.2) is 0 Å². The third-order valence-corrected chi connectivity index (χ3v) is 4.78. The van der Waals surface area contributed by atoms with Gasteiger partial charge in [0.25, 0.3) is 0 Å². The first-order valence-electron chi connectivity index (χ1n) is 8.23. The van der Waals surface area contributed by atoms with Gasteiger partial charge in [0.05, 0.1) is 0 Å². The quantitative estimate of drug-likeness (QED) is 0.469. The van der Waals surface area contributed by atoms with Crippen LogP contribution in [0.25, 0.3) is 0 Å². The maximum Gasteiger partial charge on any atom is 0.320 e. The molecule has 120 valence electrons. The topological polar surface area (TPSA) is 43.4 Å². The summed E-state index contributed by atoms with van der Waals surface area (Å²) in [5.41, 5.74) is 0.701. The van der Waals surface area contributed by atoms with Crippen LogP contribution in [0.2, 0.25) is 0 Å². The number of rotatable bonds is 5. The number of hydrogen-bond donors (Lipinski definition) is 0. The van der Waals surface area contributed by atoms with Crippen LogP contribution in [0.4, 0.5) is 0 Å². The molecule has 0 aliphatic heterocycles. The molecule has 0 saturated heterocycles. The van der Waals surface area contributed by atoms with E-state index < -0.39 is 11.9 Å². The zero-order chi connectivity index (χ0) is 16.1. The second kappa shape index (κ2) is 7.57. The van der Waals surface area contributed by atoms with Gasteiger partial charge in [0.2, 0.25) is 0 Å². The molecule has 1 aromatic carbocycles. The number of hydrogen-bond acceptors (Lipinski definition) is 3. The molecule has 0 spiro atoms. The highest BCUT2D eigenvalue weighted by Crippen LogP contribution is 2.36. The van der Waals surface area contributed by atoms with Gasteiger partial charge in [-0.2, -0.15) is 0 Å². The van der Waals surface area contributed by atoms with Crippen molar-refractivity contribution < 1.29 is 14.3 Å². The molecule has 1 aliphatic carbocycles. The van der Waals surface area contributed by atoms with Crippen molar-refractivity contribution >= 4 is 12.3 Å². The third-order valence-electron chi connectivity index (χ3n) is 4.78. The Morgan fingerprint density at radius 3 is 2.50 bits per heavy atom. The summed E-state index contributed by atoms with van der Waals surface area (Å²) in [6, 6.07) is 9.12. The standard InChI is InChI=1S/C19H26O3/c1-13(2)16-10-9-14(3)11-18(16)22-19(21)17(12-20)15-7-5-4-6-8-15/h4-8,12-14,16-18H,9-11H2,1-3H3/t14-,16-,17-,18+/m0/s1. The Morgan fingerprint density at radius 2 is 1.91 bits per heavy atom. The lowest BCUT2D eigenvalue weighted by molar-refractivity contribution is -0.158. The van der Waals surface area contributed by atoms with E-state index in [1.807, 2.05) is 18.2 Å². The van der Waals surface area contributed by atoms with Crippen LogP contribution in [-0.4, -0.2) is 18.4 Å². The van der Waals surface area contributed by atoms with Crippen molar-refractivity contribution in [3.63, 3.8) is 0 Å². The van der Waals surface area contributed by atoms with Crippen LogP contribution in [0.15, 0.2) is 30.3 Å². The van der Waals surface area contributed by atoms with Crippen LogP contribution < -0.4 is 0 Å². The Balaban J connectivity index is 2.09. The highest BCUT2D eigenvalue weighted by Gasteiger charge is 2.35. The van der Waals surface area contributed by atoms with Crippen molar-refractivity contribution in [2.75, 3.05) is 0 Å². The SMILES string of the molecule is CC(C)[C@@H]1CC[C@H](C)C[C@H]1OC(=O)[C@@H](C=O)c1ccccc1. The molecule has 1 fully saturated rings. The monoisotopic (exact) mass is 302 g/mol. The molecule has 1 aliphatic rings. The predicted molar refractivity (Wildman–Crippen MR) is 86.5 cm³/mol. The first-order valence-corrected chi connectivity index (χ1v) is 8.23. The van der Waals surface area contributed by atoms with E-state index in [0.717, 1.165) is 12.8 Å². The van der Waals surface area contributed by atoms with Gasteiger partial charge in [0, 0.05) is 0 Å². The van der Waals surface area contributed by atoms with Crippen LogP contribution >= 0.6 is 0 Å². The molecule has 3 heteroatoms. The van der Waals surface area contributed by atoms with E-state index in [1.165, 1.54) is 6.42 Å². The first kappa shape index (κ1) is 16.7. The summed E-state index contributed by atoms with van der Waals surface area (Å²) in [5, 5.41) is 0. The summed E-state index contributed by atoms with van der Waals surface area (Å²) in [4.78, 5) is 23.8. The smallest absolute Gasteiger partial charge is 0.320 e. The number of benzene rings is 1. The summed E-state index contributed by atoms with van der Waals surface area (Å²) < 4.78 is 5.77. The predicted octanol–water partition coefficient (Wildman–Crippen LogP) is 3.97. The molecule has 0 amide bonds. The Hall–Kier alpha value is -1.64. The fourth-order valence-electron chi connectivity index (χ4n) is 3.40. The van der Waals surface area contributed by atoms with Crippen LogP contribution in [0, 0.1) is 17.8 Å². The number of carbonyl (C=O) groups is 2. The molecular weight excluding hydrogens is 276 g/mol. The molecule has 4 atom stereocenters. The average molecular weight is 302 g/mol. The third kappa shape index (κ3) is 3.96. The molecule has 0 bridgehead atoms. The molecule has 0 radical (unpaired) electrons. The van der Waals surface area contributed by atoms with Crippen molar-refractivity contribution in [1.29, 1.82) is 0 Å². The van der Waals surface area contributed by atoms with E-state index in [4.69, 9.17) is 4.74 Å². The zero-order valence-corrected chi connectivity index (χ0v) is 13.7. The summed E-state index contributed by atoms with van der Waals surface area (Å²) in [6.45, 7) is 6.55. The van der Waals surface area contributed by atoms with Gasteiger partial charge in [-0.05, 0) is 36.2 Å². The van der Waals surface area contributed by atoms with Gasteiger partial charge in [-0.15, -0.1) is 0 Å². The molecule has 3 nitrogen and oxygen atoms in total. The lowest BCUT2D eigenvalue weighted by Gasteiger charge is -2.37. The number of carbonyl (C=O) groups excluding carboxylic acids is 2. The van der Waals surface area contributed by atoms with Crippen LogP contribution in [0.5, 0.6) is 0 Å². The van der Waals surface area contributed by atoms with Crippen molar-refractivity contribution in [3.05, 3.63) is 35.9 Å². The van der Waals surface area contributed by atoms with E-state index in [9.17, 15) is 9.59 Å². The minimum Gasteiger partial charge on any atom is -0.461 e. The van der Waals surface area contributed by atoms with Crippen LogP contribution in [0.1, 0.15) is 51.5 Å². The van der Waals surface area contributed by atoms with Crippen molar-refractivity contribution in [2.45, 2.75) is 52.1 Å². The van der Waals surface area contributed by atoms with Gasteiger partial charge in [-0.3, -0.25) is 4.79 Å². The fourth-order valence-corrected chi connectivity index (χ4v) is 3.40. The Morgan fingerprint density at radius 1 is 1.23 bits per heavy atom. The zero-order valence-electron chi connectivity index (χ0n) is 13.7. The molecular formula is C19H26O3. The van der Waals surface area contributed by atoms with E-state index in [-0.39, 0.29) is 6.10 Å². The van der Waals surface area contributed by atoms with Gasteiger partial charge in [-0.25, -0.2) is 0 Å². The van der Waals surface area contributed by atoms with E-state index >= 15 is 0 Å². The minimum atomic E-state index is -0.814. The van der Waals surface area contributed by atoms with Gasteiger partial charge in [0.1, 0.15) is 18.3 Å². The highest BCUT2D eigenvalue weighted by molar-refractivity contribution is 5.94. The van der Waals surface area contributed by atoms with Gasteiger partial charge < -0.3 is 9.53 Å². The minimum absolute atomic E-state index is 0.0672. The fraction of sp³-hybridized carbons (Fsp3) is 0.579. The summed E-state index contributed by atoms with van der Waals surface area (Å²) in [6.07, 6.45) is 3.80. The molecule has 1 saturated carbocycles. The maximum absolute atomic E-state index is 12.5. The molecule has 0 N–H and O–H groups in total. The molecule has 0 aromatic heterocycles. The van der Waals surface area contributed by atoms with Gasteiger partial charge >= 0.3 is 5.97 Å². The summed E-state index contributed by atoms with van der Waals surface area (Å²) in [5.74, 6) is 0.219. The largest absolute Gasteiger partial charge is 0.461 e. The molecule has 22 heavy (non-hydrogen) atoms. The molecule has 2 rings (SSSR count). The van der Waals surface area contributed by atoms with Crippen molar-refractivity contribution in [3.8, 4) is 0 Å². The van der Waals surface area contributed by atoms with Crippen LogP contribution in [0.3, 0.4) is 0 Å². The molecule has 0 unspecified atom stereocenters. The van der Waals surface area contributed by atoms with Gasteiger partial charge in [-0.1, -0.05) is 57.5 Å². The second-order valence-electron chi connectivity index (χ2n) is 6.83. The normalized spacial score (nSPS) is 26.5. The number of esters is 1. The van der Waals surface area contributed by atoms with E-state index in [2.05, 4.69) is 20.8 Å². The molecule has 0 heterocycles. The lowest BCUT2D eigenvalue weighted by Crippen LogP contribution is -2.37. The first-order chi connectivity index (χ1) is 10.5. The van der Waals surface area contributed by atoms with E-state index in [1.54, 1.807) is 12.1 Å². The van der Waals surface area contributed by atoms with Crippen molar-refractivity contribution in [1.82, 2.24) is 0 Å². The Kier molecular flexibility index (Phi) is 5.76. The van der Waals surface area contributed by atoms with E-state index in [0.29, 0.717) is 29.6 Å². The van der Waals surface area contributed by atoms with Crippen LogP contribution in [-0.2, 0) is 14.3 Å². The summed E-state index contributed by atoms with van der Waals surface area (Å²) >= 11 is 0. The molecule has 1 aromatic rings. The average Bonchev–Trinajstić information content (AvgIpc) is 2.48. The summed E-state index contributed by atoms with van der Waals surface area (Å²) in [7, 11) is 0. The lowest BCUT2D eigenvalue weighted by atomic mass is 9.75. The highest BCUT2D eigenvalue weighted by atomic mass is 16.5. The maximum atomic E-state index is 12.5. The van der Waals surface area contributed by atoms with Crippen molar-refractivity contribution in [2.24, 2.45) is 17.8 Å².